The molecule has 0 saturated carbocycles. The van der Waals surface area contributed by atoms with Crippen LogP contribution in [-0.4, -0.2) is 46.5 Å². The van der Waals surface area contributed by atoms with Gasteiger partial charge in [-0.05, 0) is 36.2 Å². The van der Waals surface area contributed by atoms with Crippen LogP contribution >= 0.6 is 11.3 Å². The third kappa shape index (κ3) is 3.74. The number of carbonyl (C=O) groups excluding carboxylic acids is 1. The fraction of sp³-hybridized carbons (Fsp3) is 0.667. The Balaban J connectivity index is 1.54. The van der Waals surface area contributed by atoms with E-state index in [0.717, 1.165) is 55.7 Å². The molecule has 2 aromatic rings. The Labute approximate surface area is 169 Å². The summed E-state index contributed by atoms with van der Waals surface area (Å²) >= 11 is 1.68. The highest BCUT2D eigenvalue weighted by atomic mass is 32.1. The maximum atomic E-state index is 13.1. The van der Waals surface area contributed by atoms with Crippen molar-refractivity contribution in [1.82, 2.24) is 19.8 Å². The molecule has 0 radical (unpaired) electrons. The third-order valence-electron chi connectivity index (χ3n) is 6.30. The topological polar surface area (TPSA) is 67.2 Å². The normalized spacial score (nSPS) is 20.4. The zero-order valence-corrected chi connectivity index (χ0v) is 17.9. The number of hydrogen-bond donors (Lipinski definition) is 1. The number of hydrogen-bond acceptors (Lipinski definition) is 5. The number of nitrogens with one attached hydrogen (secondary N) is 1. The Bertz CT molecular complexity index is 934. The lowest BCUT2D eigenvalue weighted by Crippen LogP contribution is -2.46. The molecule has 2 aromatic heterocycles. The summed E-state index contributed by atoms with van der Waals surface area (Å²) in [6, 6.07) is 0. The lowest BCUT2D eigenvalue weighted by Gasteiger charge is -2.33. The average Bonchev–Trinajstić information content (AvgIpc) is 3.05. The number of carbonyl (C=O) groups is 1. The molecule has 6 nitrogen and oxygen atoms in total. The fourth-order valence-electron chi connectivity index (χ4n) is 4.39. The van der Waals surface area contributed by atoms with E-state index in [9.17, 15) is 9.59 Å². The molecule has 1 aliphatic heterocycles. The van der Waals surface area contributed by atoms with Crippen LogP contribution in [0.25, 0.3) is 10.2 Å². The first-order chi connectivity index (χ1) is 13.3. The molecule has 152 valence electrons. The molecule has 2 aliphatic rings. The minimum atomic E-state index is 0.0184. The second-order valence-corrected chi connectivity index (χ2v) is 10.2. The van der Waals surface area contributed by atoms with Gasteiger partial charge in [-0.15, -0.1) is 11.3 Å². The molecule has 1 fully saturated rings. The van der Waals surface area contributed by atoms with Crippen LogP contribution < -0.4 is 10.9 Å². The molecule has 7 heteroatoms. The number of aromatic nitrogens is 2. The molecule has 28 heavy (non-hydrogen) atoms. The van der Waals surface area contributed by atoms with Crippen molar-refractivity contribution in [3.63, 3.8) is 0 Å². The summed E-state index contributed by atoms with van der Waals surface area (Å²) in [6.45, 7) is 10.5. The van der Waals surface area contributed by atoms with Crippen molar-refractivity contribution >= 4 is 27.5 Å². The van der Waals surface area contributed by atoms with Gasteiger partial charge in [0.05, 0.1) is 11.7 Å². The molecule has 1 N–H and O–H groups in total. The molecule has 4 rings (SSSR count). The van der Waals surface area contributed by atoms with Gasteiger partial charge in [0.2, 0.25) is 5.91 Å². The maximum absolute atomic E-state index is 13.1. The van der Waals surface area contributed by atoms with E-state index in [4.69, 9.17) is 0 Å². The molecule has 1 atom stereocenters. The zero-order chi connectivity index (χ0) is 19.9. The summed E-state index contributed by atoms with van der Waals surface area (Å²) < 4.78 is 1.63. The Hall–Kier alpha value is -1.73. The lowest BCUT2D eigenvalue weighted by atomic mass is 9.72. The van der Waals surface area contributed by atoms with Crippen molar-refractivity contribution in [1.29, 1.82) is 0 Å². The van der Waals surface area contributed by atoms with E-state index in [1.807, 2.05) is 4.90 Å². The van der Waals surface area contributed by atoms with E-state index >= 15 is 0 Å². The van der Waals surface area contributed by atoms with Gasteiger partial charge in [0, 0.05) is 44.0 Å². The highest BCUT2D eigenvalue weighted by Crippen LogP contribution is 2.41. The van der Waals surface area contributed by atoms with Gasteiger partial charge in [0.15, 0.2) is 0 Å². The van der Waals surface area contributed by atoms with Crippen LogP contribution in [-0.2, 0) is 24.2 Å². The minimum absolute atomic E-state index is 0.0184. The van der Waals surface area contributed by atoms with Gasteiger partial charge in [-0.2, -0.15) is 0 Å². The number of fused-ring (bicyclic) bond motifs is 3. The first-order valence-corrected chi connectivity index (χ1v) is 11.1. The first-order valence-electron chi connectivity index (χ1n) is 10.3. The molecule has 0 aromatic carbocycles. The summed E-state index contributed by atoms with van der Waals surface area (Å²) in [5.41, 5.74) is 1.51. The van der Waals surface area contributed by atoms with E-state index in [0.29, 0.717) is 18.9 Å². The summed E-state index contributed by atoms with van der Waals surface area (Å²) in [7, 11) is 0. The number of aryl methyl sites for hydroxylation is 2. The van der Waals surface area contributed by atoms with Crippen molar-refractivity contribution in [2.45, 2.75) is 53.0 Å². The standard InChI is InChI=1S/C21H30N4O2S/c1-21(2,3)14-4-5-15-16(12-14)28-19-18(15)20(27)25(13-23-19)9-6-17(26)24-10-7-22-8-11-24/h13-14,22H,4-12H2,1-3H3. The third-order valence-corrected chi connectivity index (χ3v) is 7.46. The molecular formula is C21H30N4O2S. The zero-order valence-electron chi connectivity index (χ0n) is 17.1. The number of rotatable bonds is 3. The summed E-state index contributed by atoms with van der Waals surface area (Å²) in [4.78, 5) is 34.2. The largest absolute Gasteiger partial charge is 0.340 e. The van der Waals surface area contributed by atoms with Crippen LogP contribution in [0.3, 0.4) is 0 Å². The van der Waals surface area contributed by atoms with Crippen molar-refractivity contribution in [3.8, 4) is 0 Å². The summed E-state index contributed by atoms with van der Waals surface area (Å²) in [6.07, 6.45) is 5.10. The van der Waals surface area contributed by atoms with Crippen LogP contribution in [0.1, 0.15) is 44.1 Å². The van der Waals surface area contributed by atoms with Crippen molar-refractivity contribution in [2.24, 2.45) is 11.3 Å². The smallest absolute Gasteiger partial charge is 0.262 e. The van der Waals surface area contributed by atoms with Gasteiger partial charge >= 0.3 is 0 Å². The second kappa shape index (κ2) is 7.59. The molecule has 1 unspecified atom stereocenters. The van der Waals surface area contributed by atoms with Gasteiger partial charge < -0.3 is 10.2 Å². The van der Waals surface area contributed by atoms with Gasteiger partial charge in [0.1, 0.15) is 4.83 Å². The number of piperazine rings is 1. The maximum Gasteiger partial charge on any atom is 0.262 e. The predicted molar refractivity (Wildman–Crippen MR) is 113 cm³/mol. The lowest BCUT2D eigenvalue weighted by molar-refractivity contribution is -0.132. The quantitative estimate of drug-likeness (QED) is 0.856. The molecule has 1 saturated heterocycles. The van der Waals surface area contributed by atoms with Crippen LogP contribution in [0, 0.1) is 11.3 Å². The van der Waals surface area contributed by atoms with E-state index in [2.05, 4.69) is 31.1 Å². The Morgan fingerprint density at radius 1 is 1.32 bits per heavy atom. The minimum Gasteiger partial charge on any atom is -0.340 e. The number of thiophene rings is 1. The Morgan fingerprint density at radius 2 is 2.07 bits per heavy atom. The van der Waals surface area contributed by atoms with E-state index in [1.165, 1.54) is 10.4 Å². The highest BCUT2D eigenvalue weighted by Gasteiger charge is 2.31. The Morgan fingerprint density at radius 3 is 2.79 bits per heavy atom. The molecule has 1 aliphatic carbocycles. The van der Waals surface area contributed by atoms with Gasteiger partial charge in [-0.25, -0.2) is 4.98 Å². The highest BCUT2D eigenvalue weighted by molar-refractivity contribution is 7.18. The van der Waals surface area contributed by atoms with Crippen molar-refractivity contribution in [2.75, 3.05) is 26.2 Å². The van der Waals surface area contributed by atoms with Gasteiger partial charge in [-0.1, -0.05) is 20.8 Å². The summed E-state index contributed by atoms with van der Waals surface area (Å²) in [5, 5.41) is 4.05. The van der Waals surface area contributed by atoms with E-state index in [1.54, 1.807) is 22.2 Å². The van der Waals surface area contributed by atoms with Crippen LogP contribution in [0.4, 0.5) is 0 Å². The predicted octanol–water partition coefficient (Wildman–Crippen LogP) is 2.43. The first kappa shape index (κ1) is 19.6. The van der Waals surface area contributed by atoms with Gasteiger partial charge in [-0.3, -0.25) is 14.2 Å². The van der Waals surface area contributed by atoms with Crippen LogP contribution in [0.5, 0.6) is 0 Å². The molecule has 0 spiro atoms. The van der Waals surface area contributed by atoms with Gasteiger partial charge in [0.25, 0.3) is 5.56 Å². The van der Waals surface area contributed by atoms with Crippen molar-refractivity contribution < 1.29 is 4.79 Å². The summed E-state index contributed by atoms with van der Waals surface area (Å²) in [5.74, 6) is 0.765. The number of amides is 1. The molecule has 3 heterocycles. The SMILES string of the molecule is CC(C)(C)C1CCc2c(sc3ncn(CCC(=O)N4CCNCC4)c(=O)c23)C1. The number of nitrogens with zero attached hydrogens (tertiary/aromatic N) is 3. The van der Waals surface area contributed by atoms with Crippen LogP contribution in [0.2, 0.25) is 0 Å². The van der Waals surface area contributed by atoms with Crippen LogP contribution in [0.15, 0.2) is 11.1 Å². The molecule has 0 bridgehead atoms. The fourth-order valence-corrected chi connectivity index (χ4v) is 5.65. The second-order valence-electron chi connectivity index (χ2n) is 9.11. The van der Waals surface area contributed by atoms with E-state index in [-0.39, 0.29) is 16.9 Å². The average molecular weight is 403 g/mol. The monoisotopic (exact) mass is 402 g/mol. The molecular weight excluding hydrogens is 372 g/mol. The Kier molecular flexibility index (Phi) is 5.31. The molecule has 1 amide bonds. The van der Waals surface area contributed by atoms with Crippen molar-refractivity contribution in [3.05, 3.63) is 27.1 Å². The van der Waals surface area contributed by atoms with E-state index < -0.39 is 0 Å².